The van der Waals surface area contributed by atoms with Crippen LogP contribution in [-0.2, 0) is 11.2 Å². The van der Waals surface area contributed by atoms with Gasteiger partial charge in [0.1, 0.15) is 0 Å². The van der Waals surface area contributed by atoms with E-state index in [9.17, 15) is 0 Å². The van der Waals surface area contributed by atoms with E-state index in [1.807, 2.05) is 0 Å². The molecule has 2 unspecified atom stereocenters. The van der Waals surface area contributed by atoms with Crippen molar-refractivity contribution >= 4 is 5.69 Å². The van der Waals surface area contributed by atoms with E-state index >= 15 is 0 Å². The number of likely N-dealkylation sites (N-methyl/N-ethyl adjacent to an activating group) is 1. The number of hydrogen-bond donors (Lipinski definition) is 1. The summed E-state index contributed by atoms with van der Waals surface area (Å²) < 4.78 is 5.38. The smallest absolute Gasteiger partial charge is 0.0711 e. The Kier molecular flexibility index (Phi) is 4.61. The lowest BCUT2D eigenvalue weighted by atomic mass is 10.1. The predicted molar refractivity (Wildman–Crippen MR) is 76.3 cm³/mol. The minimum Gasteiger partial charge on any atom is -0.380 e. The summed E-state index contributed by atoms with van der Waals surface area (Å²) in [5, 5.41) is 3.51. The van der Waals surface area contributed by atoms with Crippen LogP contribution in [-0.4, -0.2) is 39.4 Å². The van der Waals surface area contributed by atoms with E-state index in [0.717, 1.165) is 25.9 Å². The first-order valence-corrected chi connectivity index (χ1v) is 6.79. The van der Waals surface area contributed by atoms with Gasteiger partial charge in [-0.3, -0.25) is 0 Å². The highest BCUT2D eigenvalue weighted by Gasteiger charge is 2.24. The molecule has 1 aromatic carbocycles. The number of ether oxygens (including phenoxy) is 1. The lowest BCUT2D eigenvalue weighted by molar-refractivity contribution is 0.117. The van der Waals surface area contributed by atoms with Crippen molar-refractivity contribution in [2.75, 3.05) is 32.1 Å². The summed E-state index contributed by atoms with van der Waals surface area (Å²) in [5.74, 6) is 0. The lowest BCUT2D eigenvalue weighted by Crippen LogP contribution is -2.35. The van der Waals surface area contributed by atoms with Crippen LogP contribution < -0.4 is 10.2 Å². The monoisotopic (exact) mass is 248 g/mol. The maximum Gasteiger partial charge on any atom is 0.0711 e. The van der Waals surface area contributed by atoms with Gasteiger partial charge in [0.15, 0.2) is 0 Å². The quantitative estimate of drug-likeness (QED) is 0.863. The number of methoxy groups -OCH3 is 1. The molecule has 2 atom stereocenters. The highest BCUT2D eigenvalue weighted by molar-refractivity contribution is 5.47. The van der Waals surface area contributed by atoms with Crippen LogP contribution in [0.4, 0.5) is 5.69 Å². The Hall–Kier alpha value is -1.06. The number of nitrogens with zero attached hydrogens (tertiary/aromatic N) is 1. The van der Waals surface area contributed by atoms with Gasteiger partial charge >= 0.3 is 0 Å². The highest BCUT2D eigenvalue weighted by Crippen LogP contribution is 2.17. The maximum atomic E-state index is 5.38. The molecule has 100 valence electrons. The van der Waals surface area contributed by atoms with Gasteiger partial charge in [0.2, 0.25) is 0 Å². The van der Waals surface area contributed by atoms with Crippen LogP contribution >= 0.6 is 0 Å². The second kappa shape index (κ2) is 6.21. The van der Waals surface area contributed by atoms with Gasteiger partial charge in [0.05, 0.1) is 6.10 Å². The Bertz CT molecular complexity index is 363. The number of rotatable bonds is 5. The summed E-state index contributed by atoms with van der Waals surface area (Å²) in [6.45, 7) is 4.20. The summed E-state index contributed by atoms with van der Waals surface area (Å²) >= 11 is 0. The van der Waals surface area contributed by atoms with E-state index in [1.165, 1.54) is 11.3 Å². The Labute approximate surface area is 110 Å². The van der Waals surface area contributed by atoms with Gasteiger partial charge in [-0.2, -0.15) is 0 Å². The molecule has 3 heteroatoms. The highest BCUT2D eigenvalue weighted by atomic mass is 16.5. The summed E-state index contributed by atoms with van der Waals surface area (Å²) in [6.07, 6.45) is 2.59. The molecule has 18 heavy (non-hydrogen) atoms. The minimum atomic E-state index is 0.380. The van der Waals surface area contributed by atoms with Gasteiger partial charge in [-0.25, -0.2) is 0 Å². The van der Waals surface area contributed by atoms with Crippen molar-refractivity contribution in [3.8, 4) is 0 Å². The summed E-state index contributed by atoms with van der Waals surface area (Å²) in [6, 6.07) is 9.38. The van der Waals surface area contributed by atoms with Gasteiger partial charge in [0, 0.05) is 39.0 Å². The third-order valence-electron chi connectivity index (χ3n) is 3.79. The van der Waals surface area contributed by atoms with Crippen molar-refractivity contribution in [2.45, 2.75) is 31.9 Å². The van der Waals surface area contributed by atoms with Crippen molar-refractivity contribution in [2.24, 2.45) is 0 Å². The van der Waals surface area contributed by atoms with Crippen LogP contribution in [0.3, 0.4) is 0 Å². The molecule has 1 aliphatic rings. The van der Waals surface area contributed by atoms with E-state index in [-0.39, 0.29) is 0 Å². The minimum absolute atomic E-state index is 0.380. The molecule has 1 aromatic rings. The number of benzene rings is 1. The lowest BCUT2D eigenvalue weighted by Gasteiger charge is -2.23. The molecule has 0 spiro atoms. The van der Waals surface area contributed by atoms with Crippen LogP contribution in [0.15, 0.2) is 24.3 Å². The van der Waals surface area contributed by atoms with Crippen LogP contribution in [0.2, 0.25) is 0 Å². The second-order valence-electron chi connectivity index (χ2n) is 5.10. The third kappa shape index (κ3) is 3.24. The zero-order valence-corrected chi connectivity index (χ0v) is 11.6. The number of anilines is 1. The largest absolute Gasteiger partial charge is 0.380 e. The third-order valence-corrected chi connectivity index (χ3v) is 3.79. The predicted octanol–water partition coefficient (Wildman–Crippen LogP) is 2.06. The van der Waals surface area contributed by atoms with Crippen molar-refractivity contribution in [1.82, 2.24) is 5.32 Å². The van der Waals surface area contributed by atoms with Crippen molar-refractivity contribution in [3.63, 3.8) is 0 Å². The summed E-state index contributed by atoms with van der Waals surface area (Å²) in [7, 11) is 3.95. The van der Waals surface area contributed by atoms with Gasteiger partial charge < -0.3 is 15.0 Å². The molecule has 1 saturated heterocycles. The fourth-order valence-electron chi connectivity index (χ4n) is 2.52. The molecule has 0 aromatic heterocycles. The SMILES string of the molecule is CCc1ccc(N(C)CC2CC(OC)CN2)cc1. The fourth-order valence-corrected chi connectivity index (χ4v) is 2.52. The Morgan fingerprint density at radius 1 is 1.33 bits per heavy atom. The Morgan fingerprint density at radius 2 is 2.06 bits per heavy atom. The molecule has 1 heterocycles. The molecule has 2 rings (SSSR count). The molecular weight excluding hydrogens is 224 g/mol. The average molecular weight is 248 g/mol. The first-order chi connectivity index (χ1) is 8.72. The van der Waals surface area contributed by atoms with E-state index in [1.54, 1.807) is 7.11 Å². The molecule has 0 aliphatic carbocycles. The normalized spacial score (nSPS) is 23.3. The summed E-state index contributed by atoms with van der Waals surface area (Å²) in [4.78, 5) is 2.31. The molecule has 0 amide bonds. The molecule has 0 saturated carbocycles. The van der Waals surface area contributed by atoms with Crippen molar-refractivity contribution in [3.05, 3.63) is 29.8 Å². The molecule has 1 aliphatic heterocycles. The van der Waals surface area contributed by atoms with Gasteiger partial charge in [0.25, 0.3) is 0 Å². The van der Waals surface area contributed by atoms with Crippen LogP contribution in [0.1, 0.15) is 18.9 Å². The zero-order chi connectivity index (χ0) is 13.0. The zero-order valence-electron chi connectivity index (χ0n) is 11.6. The maximum absolute atomic E-state index is 5.38. The Morgan fingerprint density at radius 3 is 2.61 bits per heavy atom. The number of hydrogen-bond acceptors (Lipinski definition) is 3. The van der Waals surface area contributed by atoms with Gasteiger partial charge in [-0.05, 0) is 30.5 Å². The molecule has 3 nitrogen and oxygen atoms in total. The van der Waals surface area contributed by atoms with E-state index < -0.39 is 0 Å². The first kappa shape index (κ1) is 13.4. The fraction of sp³-hybridized carbons (Fsp3) is 0.600. The molecule has 1 N–H and O–H groups in total. The second-order valence-corrected chi connectivity index (χ2v) is 5.10. The molecule has 0 bridgehead atoms. The van der Waals surface area contributed by atoms with Crippen molar-refractivity contribution < 1.29 is 4.74 Å². The summed E-state index contributed by atoms with van der Waals surface area (Å²) in [5.41, 5.74) is 2.68. The van der Waals surface area contributed by atoms with E-state index in [4.69, 9.17) is 4.74 Å². The van der Waals surface area contributed by atoms with E-state index in [0.29, 0.717) is 12.1 Å². The molecule has 1 fully saturated rings. The van der Waals surface area contributed by atoms with Gasteiger partial charge in [-0.1, -0.05) is 19.1 Å². The van der Waals surface area contributed by atoms with Crippen LogP contribution in [0, 0.1) is 0 Å². The molecular formula is C15H24N2O. The van der Waals surface area contributed by atoms with Crippen LogP contribution in [0.5, 0.6) is 0 Å². The molecule has 0 radical (unpaired) electrons. The van der Waals surface area contributed by atoms with Crippen LogP contribution in [0.25, 0.3) is 0 Å². The van der Waals surface area contributed by atoms with E-state index in [2.05, 4.69) is 48.5 Å². The standard InChI is InChI=1S/C15H24N2O/c1-4-12-5-7-14(8-6-12)17(2)11-13-9-15(18-3)10-16-13/h5-8,13,15-16H,4,9-11H2,1-3H3. The van der Waals surface area contributed by atoms with Crippen molar-refractivity contribution in [1.29, 1.82) is 0 Å². The van der Waals surface area contributed by atoms with Gasteiger partial charge in [-0.15, -0.1) is 0 Å². The number of nitrogens with one attached hydrogen (secondary N) is 1. The number of aryl methyl sites for hydroxylation is 1. The average Bonchev–Trinajstić information content (AvgIpc) is 2.86. The topological polar surface area (TPSA) is 24.5 Å². The Balaban J connectivity index is 1.89. The first-order valence-electron chi connectivity index (χ1n) is 6.79.